The zero-order valence-corrected chi connectivity index (χ0v) is 53.1. The highest BCUT2D eigenvalue weighted by Crippen LogP contribution is 2.38. The Morgan fingerprint density at radius 2 is 0.727 bits per heavy atom. The number of aliphatic hydroxyl groups excluding tert-OH is 1. The molecule has 1 amide bonds. The first-order valence-electron chi connectivity index (χ1n) is 33.9. The van der Waals surface area contributed by atoms with Crippen LogP contribution in [0.15, 0.2) is 36.5 Å². The van der Waals surface area contributed by atoms with Gasteiger partial charge in [0.15, 0.2) is 0 Å². The number of allylic oxidation sites excluding steroid dienone is 5. The highest BCUT2D eigenvalue weighted by molar-refractivity contribution is 7.45. The molecule has 0 saturated carbocycles. The molecule has 0 spiro atoms. The summed E-state index contributed by atoms with van der Waals surface area (Å²) in [5.41, 5.74) is 0. The van der Waals surface area contributed by atoms with E-state index >= 15 is 0 Å². The molecule has 0 aromatic heterocycles. The number of quaternary nitrogens is 1. The molecule has 3 atom stereocenters. The van der Waals surface area contributed by atoms with Gasteiger partial charge < -0.3 is 28.8 Å². The number of likely N-dealkylation sites (N-methyl/N-ethyl adjacent to an activating group) is 1. The van der Waals surface area contributed by atoms with Crippen molar-refractivity contribution in [3.8, 4) is 0 Å². The first-order valence-corrected chi connectivity index (χ1v) is 35.3. The van der Waals surface area contributed by atoms with E-state index < -0.39 is 26.6 Å². The quantitative estimate of drug-likeness (QED) is 0.0272. The Morgan fingerprint density at radius 3 is 1.05 bits per heavy atom. The number of phosphoric ester groups is 1. The van der Waals surface area contributed by atoms with Gasteiger partial charge >= 0.3 is 0 Å². The number of nitrogens with zero attached hydrogens (tertiary/aromatic N) is 1. The van der Waals surface area contributed by atoms with E-state index in [0.717, 1.165) is 44.9 Å². The minimum Gasteiger partial charge on any atom is -0.756 e. The maximum absolute atomic E-state index is 13.0. The van der Waals surface area contributed by atoms with Gasteiger partial charge in [0, 0.05) is 6.42 Å². The number of unbranched alkanes of at least 4 members (excludes halogenated alkanes) is 46. The van der Waals surface area contributed by atoms with Gasteiger partial charge in [-0.3, -0.25) is 9.36 Å². The largest absolute Gasteiger partial charge is 0.756 e. The lowest BCUT2D eigenvalue weighted by Crippen LogP contribution is -2.45. The van der Waals surface area contributed by atoms with Crippen LogP contribution in [0.4, 0.5) is 0 Å². The van der Waals surface area contributed by atoms with Crippen molar-refractivity contribution in [1.29, 1.82) is 0 Å². The third-order valence-corrected chi connectivity index (χ3v) is 16.5. The van der Waals surface area contributed by atoms with Gasteiger partial charge in [-0.25, -0.2) is 0 Å². The molecule has 0 saturated heterocycles. The van der Waals surface area contributed by atoms with E-state index in [4.69, 9.17) is 9.05 Å². The number of hydrogen-bond acceptors (Lipinski definition) is 6. The molecule has 0 aliphatic heterocycles. The van der Waals surface area contributed by atoms with Gasteiger partial charge in [0.2, 0.25) is 5.91 Å². The third-order valence-electron chi connectivity index (χ3n) is 15.6. The molecule has 2 N–H and O–H groups in total. The van der Waals surface area contributed by atoms with Gasteiger partial charge in [-0.2, -0.15) is 0 Å². The maximum atomic E-state index is 13.0. The molecule has 77 heavy (non-hydrogen) atoms. The summed E-state index contributed by atoms with van der Waals surface area (Å²) < 4.78 is 23.4. The Balaban J connectivity index is 4.06. The van der Waals surface area contributed by atoms with Crippen molar-refractivity contribution < 1.29 is 32.9 Å². The van der Waals surface area contributed by atoms with Gasteiger partial charge in [0.05, 0.1) is 39.9 Å². The summed E-state index contributed by atoms with van der Waals surface area (Å²) in [5, 5.41) is 13.9. The molecule has 0 aliphatic carbocycles. The first kappa shape index (κ1) is 75.7. The number of aliphatic hydroxyl groups is 1. The smallest absolute Gasteiger partial charge is 0.268 e. The lowest BCUT2D eigenvalue weighted by molar-refractivity contribution is -0.870. The number of phosphoric acid groups is 1. The summed E-state index contributed by atoms with van der Waals surface area (Å²) in [6.07, 6.45) is 78.4. The van der Waals surface area contributed by atoms with E-state index in [1.165, 1.54) is 276 Å². The van der Waals surface area contributed by atoms with Crippen molar-refractivity contribution in [2.24, 2.45) is 0 Å². The average molecular weight is 1110 g/mol. The molecule has 0 bridgehead atoms. The number of rotatable bonds is 63. The molecular formula is C68H133N2O6P. The van der Waals surface area contributed by atoms with Gasteiger partial charge in [-0.1, -0.05) is 326 Å². The molecule has 9 heteroatoms. The Hall–Kier alpha value is -1.28. The first-order chi connectivity index (χ1) is 37.5. The van der Waals surface area contributed by atoms with Gasteiger partial charge in [0.25, 0.3) is 7.82 Å². The molecular weight excluding hydrogens is 972 g/mol. The number of carbonyl (C=O) groups excluding carboxylic acids is 1. The van der Waals surface area contributed by atoms with Crippen molar-refractivity contribution in [3.63, 3.8) is 0 Å². The fourth-order valence-electron chi connectivity index (χ4n) is 10.3. The van der Waals surface area contributed by atoms with E-state index in [0.29, 0.717) is 17.4 Å². The molecule has 0 heterocycles. The molecule has 0 aromatic rings. The fourth-order valence-corrected chi connectivity index (χ4v) is 11.0. The lowest BCUT2D eigenvalue weighted by Gasteiger charge is -2.29. The minimum atomic E-state index is -4.61. The molecule has 3 unspecified atom stereocenters. The van der Waals surface area contributed by atoms with Crippen LogP contribution in [0.3, 0.4) is 0 Å². The van der Waals surface area contributed by atoms with Crippen LogP contribution in [0.25, 0.3) is 0 Å². The molecule has 0 radical (unpaired) electrons. The molecule has 456 valence electrons. The zero-order valence-electron chi connectivity index (χ0n) is 52.2. The molecule has 0 aromatic carbocycles. The molecule has 0 rings (SSSR count). The topological polar surface area (TPSA) is 108 Å². The highest BCUT2D eigenvalue weighted by Gasteiger charge is 2.23. The number of nitrogens with one attached hydrogen (secondary N) is 1. The number of amides is 1. The lowest BCUT2D eigenvalue weighted by atomic mass is 10.0. The predicted molar refractivity (Wildman–Crippen MR) is 335 cm³/mol. The van der Waals surface area contributed by atoms with E-state index in [1.807, 2.05) is 27.2 Å². The monoisotopic (exact) mass is 1100 g/mol. The summed E-state index contributed by atoms with van der Waals surface area (Å²) in [6.45, 7) is 4.67. The summed E-state index contributed by atoms with van der Waals surface area (Å²) in [4.78, 5) is 25.6. The van der Waals surface area contributed by atoms with Crippen molar-refractivity contribution in [3.05, 3.63) is 36.5 Å². The fraction of sp³-hybridized carbons (Fsp3) is 0.897. The second-order valence-corrected chi connectivity index (χ2v) is 25.9. The van der Waals surface area contributed by atoms with E-state index in [1.54, 1.807) is 6.08 Å². The zero-order chi connectivity index (χ0) is 56.3. The van der Waals surface area contributed by atoms with Gasteiger partial charge in [0.1, 0.15) is 13.2 Å². The predicted octanol–water partition coefficient (Wildman–Crippen LogP) is 20.6. The minimum absolute atomic E-state index is 0.00717. The Labute approximate surface area is 480 Å². The second-order valence-electron chi connectivity index (χ2n) is 24.5. The van der Waals surface area contributed by atoms with Crippen molar-refractivity contribution in [1.82, 2.24) is 5.32 Å². The summed E-state index contributed by atoms with van der Waals surface area (Å²) in [6, 6.07) is -0.909. The van der Waals surface area contributed by atoms with Crippen molar-refractivity contribution in [2.75, 3.05) is 40.9 Å². The third kappa shape index (κ3) is 62.2. The van der Waals surface area contributed by atoms with Crippen LogP contribution in [0.2, 0.25) is 0 Å². The second kappa shape index (κ2) is 59.3. The van der Waals surface area contributed by atoms with Gasteiger partial charge in [-0.05, 0) is 44.9 Å². The van der Waals surface area contributed by atoms with Crippen LogP contribution in [-0.4, -0.2) is 68.5 Å². The van der Waals surface area contributed by atoms with Crippen LogP contribution in [0.5, 0.6) is 0 Å². The molecule has 0 fully saturated rings. The van der Waals surface area contributed by atoms with Crippen molar-refractivity contribution >= 4 is 13.7 Å². The number of hydrogen-bond donors (Lipinski definition) is 2. The Bertz CT molecular complexity index is 1350. The SMILES string of the molecule is CCCCCCCCCCCCCC/C=C/CC/C=C/CC/C=C/C(O)C(COP(=O)([O-])OCC[N+](C)(C)C)NC(=O)CCCCCCCCCCCCCCCCCCCCCCCCCCCCCCCCCCC. The van der Waals surface area contributed by atoms with E-state index in [9.17, 15) is 19.4 Å². The Morgan fingerprint density at radius 1 is 0.442 bits per heavy atom. The standard InChI is InChI=1S/C68H133N2O6P/c1-6-8-10-12-14-16-18-20-22-24-26-28-30-31-32-33-34-35-36-37-38-39-40-42-44-46-48-50-52-54-56-58-60-62-68(72)69-66(65-76-77(73,74)75-64-63-70(3,4)5)67(71)61-59-57-55-53-51-49-47-45-43-41-29-27-25-23-21-19-17-15-13-11-9-7-2/h43,45,51,53,59,61,66-67,71H,6-42,44,46-50,52,54-58,60,62-65H2,1-5H3,(H-,69,72,73,74)/b45-43+,53-51+,61-59+. The van der Waals surface area contributed by atoms with E-state index in [2.05, 4.69) is 43.5 Å². The number of carbonyl (C=O) groups is 1. The van der Waals surface area contributed by atoms with Crippen LogP contribution in [-0.2, 0) is 18.4 Å². The average Bonchev–Trinajstić information content (AvgIpc) is 3.39. The van der Waals surface area contributed by atoms with Crippen LogP contribution in [0.1, 0.15) is 341 Å². The van der Waals surface area contributed by atoms with Crippen LogP contribution in [0, 0.1) is 0 Å². The normalized spacial score (nSPS) is 13.9. The summed E-state index contributed by atoms with van der Waals surface area (Å²) in [7, 11) is 1.25. The molecule has 8 nitrogen and oxygen atoms in total. The molecule has 0 aliphatic rings. The van der Waals surface area contributed by atoms with Gasteiger partial charge in [-0.15, -0.1) is 0 Å². The van der Waals surface area contributed by atoms with Crippen LogP contribution >= 0.6 is 7.82 Å². The maximum Gasteiger partial charge on any atom is 0.268 e. The summed E-state index contributed by atoms with van der Waals surface area (Å²) >= 11 is 0. The van der Waals surface area contributed by atoms with Crippen LogP contribution < -0.4 is 10.2 Å². The van der Waals surface area contributed by atoms with Crippen molar-refractivity contribution in [2.45, 2.75) is 353 Å². The van der Waals surface area contributed by atoms with E-state index in [-0.39, 0.29) is 12.5 Å². The highest BCUT2D eigenvalue weighted by atomic mass is 31.2. The Kier molecular flexibility index (Phi) is 58.4. The summed E-state index contributed by atoms with van der Waals surface area (Å²) in [5.74, 6) is -0.204.